The van der Waals surface area contributed by atoms with Crippen molar-refractivity contribution in [2.24, 2.45) is 7.05 Å². The summed E-state index contributed by atoms with van der Waals surface area (Å²) in [6, 6.07) is 10.8. The van der Waals surface area contributed by atoms with Crippen molar-refractivity contribution in [3.05, 3.63) is 58.8 Å². The van der Waals surface area contributed by atoms with Gasteiger partial charge in [-0.3, -0.25) is 14.3 Å². The number of fused-ring (bicyclic) bond motifs is 1. The highest BCUT2D eigenvalue weighted by molar-refractivity contribution is 5.94. The minimum absolute atomic E-state index is 0.0931. The Bertz CT molecular complexity index is 1170. The number of aromatic nitrogens is 1. The van der Waals surface area contributed by atoms with Gasteiger partial charge >= 0.3 is 5.76 Å². The summed E-state index contributed by atoms with van der Waals surface area (Å²) in [4.78, 5) is 26.0. The first-order valence-electron chi connectivity index (χ1n) is 9.98. The fourth-order valence-electron chi connectivity index (χ4n) is 3.70. The van der Waals surface area contributed by atoms with Gasteiger partial charge in [-0.1, -0.05) is 6.07 Å². The van der Waals surface area contributed by atoms with Crippen LogP contribution in [0.3, 0.4) is 0 Å². The van der Waals surface area contributed by atoms with E-state index in [-0.39, 0.29) is 12.5 Å². The zero-order valence-electron chi connectivity index (χ0n) is 17.3. The second-order valence-corrected chi connectivity index (χ2v) is 8.06. The third-order valence-corrected chi connectivity index (χ3v) is 5.57. The van der Waals surface area contributed by atoms with Gasteiger partial charge in [0.25, 0.3) is 0 Å². The topological polar surface area (TPSA) is 96.9 Å². The van der Waals surface area contributed by atoms with Crippen molar-refractivity contribution in [3.63, 3.8) is 0 Å². The van der Waals surface area contributed by atoms with Crippen LogP contribution in [0.2, 0.25) is 0 Å². The molecule has 31 heavy (non-hydrogen) atoms. The number of carbonyl (C=O) groups is 1. The number of rotatable bonds is 5. The molecule has 1 aliphatic heterocycles. The molecule has 1 aliphatic rings. The lowest BCUT2D eigenvalue weighted by Gasteiger charge is -2.42. The predicted octanol–water partition coefficient (Wildman–Crippen LogP) is 2.11. The monoisotopic (exact) mass is 429 g/mol. The van der Waals surface area contributed by atoms with E-state index < -0.39 is 23.3 Å². The van der Waals surface area contributed by atoms with Crippen molar-refractivity contribution in [1.82, 2.24) is 9.47 Å². The van der Waals surface area contributed by atoms with E-state index in [4.69, 9.17) is 9.15 Å². The standard InChI is InChI=1S/C22H24FN3O5/c1-22(29)8-9-26(12-19(22)30-16-5-3-4-14(23)10-16)13-20(27)24-15-6-7-17-18(11-15)31-21(28)25(17)2/h3-7,10-11,19,29H,8-9,12-13H2,1-2H3,(H,24,27)/t19-,22-/m0/s1. The maximum atomic E-state index is 13.5. The van der Waals surface area contributed by atoms with Crippen LogP contribution in [0.5, 0.6) is 5.75 Å². The van der Waals surface area contributed by atoms with Gasteiger partial charge < -0.3 is 19.6 Å². The first kappa shape index (κ1) is 21.1. The predicted molar refractivity (Wildman–Crippen MR) is 113 cm³/mol. The Labute approximate surface area is 177 Å². The lowest BCUT2D eigenvalue weighted by atomic mass is 9.90. The molecule has 1 aromatic heterocycles. The molecular weight excluding hydrogens is 405 g/mol. The average molecular weight is 429 g/mol. The van der Waals surface area contributed by atoms with Crippen molar-refractivity contribution in [3.8, 4) is 5.75 Å². The number of piperidine rings is 1. The first-order valence-corrected chi connectivity index (χ1v) is 9.98. The maximum Gasteiger partial charge on any atom is 0.419 e. The van der Waals surface area contributed by atoms with E-state index in [2.05, 4.69) is 5.32 Å². The highest BCUT2D eigenvalue weighted by atomic mass is 19.1. The number of ether oxygens (including phenoxy) is 1. The smallest absolute Gasteiger partial charge is 0.419 e. The second kappa shape index (κ2) is 8.16. The quantitative estimate of drug-likeness (QED) is 0.645. The molecule has 0 spiro atoms. The van der Waals surface area contributed by atoms with Gasteiger partial charge in [-0.15, -0.1) is 0 Å². The molecular formula is C22H24FN3O5. The van der Waals surface area contributed by atoms with Crippen molar-refractivity contribution in [2.75, 3.05) is 25.0 Å². The Balaban J connectivity index is 1.40. The number of nitrogens with one attached hydrogen (secondary N) is 1. The molecule has 1 saturated heterocycles. The Kier molecular flexibility index (Phi) is 5.55. The van der Waals surface area contributed by atoms with Crippen molar-refractivity contribution in [1.29, 1.82) is 0 Å². The number of hydrogen-bond donors (Lipinski definition) is 2. The van der Waals surface area contributed by atoms with Crippen molar-refractivity contribution < 1.29 is 23.4 Å². The Morgan fingerprint density at radius 2 is 2.16 bits per heavy atom. The summed E-state index contributed by atoms with van der Waals surface area (Å²) < 4.78 is 25.8. The van der Waals surface area contributed by atoms with Crippen molar-refractivity contribution in [2.45, 2.75) is 25.0 Å². The van der Waals surface area contributed by atoms with Crippen LogP contribution in [0.4, 0.5) is 10.1 Å². The molecule has 1 amide bonds. The van der Waals surface area contributed by atoms with Gasteiger partial charge in [0.2, 0.25) is 5.91 Å². The normalized spacial score (nSPS) is 21.9. The molecule has 3 aromatic rings. The summed E-state index contributed by atoms with van der Waals surface area (Å²) in [5.74, 6) is -0.809. The average Bonchev–Trinajstić information content (AvgIpc) is 2.98. The Hall–Kier alpha value is -3.17. The maximum absolute atomic E-state index is 13.5. The molecule has 0 aliphatic carbocycles. The fraction of sp³-hybridized carbons (Fsp3) is 0.364. The Morgan fingerprint density at radius 1 is 1.35 bits per heavy atom. The minimum atomic E-state index is -1.10. The SMILES string of the molecule is Cn1c(=O)oc2cc(NC(=O)CN3CC[C@](C)(O)[C@@H](Oc4cccc(F)c4)C3)ccc21. The third-order valence-electron chi connectivity index (χ3n) is 5.57. The Morgan fingerprint density at radius 3 is 2.94 bits per heavy atom. The van der Waals surface area contributed by atoms with E-state index in [1.54, 1.807) is 44.3 Å². The minimum Gasteiger partial charge on any atom is -0.486 e. The number of hydrogen-bond acceptors (Lipinski definition) is 6. The van der Waals surface area contributed by atoms with Crippen molar-refractivity contribution >= 4 is 22.7 Å². The van der Waals surface area contributed by atoms with Crippen LogP contribution < -0.4 is 15.8 Å². The molecule has 0 saturated carbocycles. The van der Waals surface area contributed by atoms with Crippen LogP contribution in [-0.4, -0.2) is 51.8 Å². The summed E-state index contributed by atoms with van der Waals surface area (Å²) in [5, 5.41) is 13.5. The van der Waals surface area contributed by atoms with E-state index in [1.165, 1.54) is 16.7 Å². The zero-order valence-corrected chi connectivity index (χ0v) is 17.3. The van der Waals surface area contributed by atoms with Crippen LogP contribution in [0, 0.1) is 5.82 Å². The van der Waals surface area contributed by atoms with Gasteiger partial charge in [-0.25, -0.2) is 9.18 Å². The molecule has 0 unspecified atom stereocenters. The number of nitrogens with zero attached hydrogens (tertiary/aromatic N) is 2. The van der Waals surface area contributed by atoms with E-state index in [0.29, 0.717) is 42.0 Å². The van der Waals surface area contributed by atoms with E-state index >= 15 is 0 Å². The summed E-state index contributed by atoms with van der Waals surface area (Å²) in [6.07, 6.45) is -0.215. The number of oxazole rings is 1. The van der Waals surface area contributed by atoms with Gasteiger partial charge in [0.15, 0.2) is 5.58 Å². The summed E-state index contributed by atoms with van der Waals surface area (Å²) >= 11 is 0. The van der Waals surface area contributed by atoms with Crippen LogP contribution in [0.25, 0.3) is 11.1 Å². The summed E-state index contributed by atoms with van der Waals surface area (Å²) in [5.41, 5.74) is 0.444. The molecule has 164 valence electrons. The zero-order chi connectivity index (χ0) is 22.2. The van der Waals surface area contributed by atoms with Gasteiger partial charge in [0.05, 0.1) is 12.1 Å². The molecule has 0 bridgehead atoms. The lowest BCUT2D eigenvalue weighted by Crippen LogP contribution is -2.57. The van der Waals surface area contributed by atoms with E-state index in [1.807, 2.05) is 4.90 Å². The fourth-order valence-corrected chi connectivity index (χ4v) is 3.70. The molecule has 4 rings (SSSR count). The molecule has 0 radical (unpaired) electrons. The number of aliphatic hydroxyl groups is 1. The van der Waals surface area contributed by atoms with E-state index in [9.17, 15) is 19.1 Å². The van der Waals surface area contributed by atoms with Gasteiger partial charge in [0, 0.05) is 38.0 Å². The highest BCUT2D eigenvalue weighted by Crippen LogP contribution is 2.27. The highest BCUT2D eigenvalue weighted by Gasteiger charge is 2.39. The van der Waals surface area contributed by atoms with Crippen LogP contribution >= 0.6 is 0 Å². The number of halogens is 1. The molecule has 8 nitrogen and oxygen atoms in total. The van der Waals surface area contributed by atoms with Gasteiger partial charge in [-0.2, -0.15) is 0 Å². The van der Waals surface area contributed by atoms with Gasteiger partial charge in [-0.05, 0) is 37.6 Å². The van der Waals surface area contributed by atoms with Crippen LogP contribution in [-0.2, 0) is 11.8 Å². The summed E-state index contributed by atoms with van der Waals surface area (Å²) in [7, 11) is 1.61. The lowest BCUT2D eigenvalue weighted by molar-refractivity contribution is -0.122. The second-order valence-electron chi connectivity index (χ2n) is 8.06. The largest absolute Gasteiger partial charge is 0.486 e. The molecule has 1 fully saturated rings. The summed E-state index contributed by atoms with van der Waals surface area (Å²) in [6.45, 7) is 2.59. The molecule has 2 heterocycles. The van der Waals surface area contributed by atoms with Crippen LogP contribution in [0.15, 0.2) is 51.7 Å². The number of likely N-dealkylation sites (tertiary alicyclic amines) is 1. The molecule has 2 atom stereocenters. The first-order chi connectivity index (χ1) is 14.7. The number of aryl methyl sites for hydroxylation is 1. The number of carbonyl (C=O) groups excluding carboxylic acids is 1. The molecule has 9 heteroatoms. The third kappa shape index (κ3) is 4.62. The molecule has 2 aromatic carbocycles. The van der Waals surface area contributed by atoms with E-state index in [0.717, 1.165) is 0 Å². The number of amides is 1. The number of anilines is 1. The van der Waals surface area contributed by atoms with Gasteiger partial charge in [0.1, 0.15) is 23.3 Å². The van der Waals surface area contributed by atoms with Crippen LogP contribution in [0.1, 0.15) is 13.3 Å². The molecule has 2 N–H and O–H groups in total. The number of benzene rings is 2.